The zero-order valence-electron chi connectivity index (χ0n) is 8.89. The maximum Gasteiger partial charge on any atom is 0.139 e. The molecule has 2 aromatic rings. The van der Waals surface area contributed by atoms with Crippen LogP contribution >= 0.6 is 21.6 Å². The van der Waals surface area contributed by atoms with Crippen LogP contribution in [0.15, 0.2) is 52.3 Å². The SMILES string of the molecule is Nc1ccc(SSc2ccc(N)cc2F)cc1. The number of nitrogen functional groups attached to an aromatic ring is 2. The Bertz CT molecular complexity index is 514. The van der Waals surface area contributed by atoms with Crippen molar-refractivity contribution in [3.05, 3.63) is 48.3 Å². The average molecular weight is 266 g/mol. The number of hydrogen-bond acceptors (Lipinski definition) is 4. The van der Waals surface area contributed by atoms with E-state index in [-0.39, 0.29) is 5.82 Å². The number of halogens is 1. The first-order valence-electron chi connectivity index (χ1n) is 4.90. The van der Waals surface area contributed by atoms with Gasteiger partial charge in [-0.1, -0.05) is 10.8 Å². The minimum absolute atomic E-state index is 0.294. The van der Waals surface area contributed by atoms with Crippen molar-refractivity contribution in [1.29, 1.82) is 0 Å². The molecule has 0 saturated heterocycles. The van der Waals surface area contributed by atoms with Gasteiger partial charge in [-0.3, -0.25) is 0 Å². The largest absolute Gasteiger partial charge is 0.399 e. The third kappa shape index (κ3) is 3.31. The highest BCUT2D eigenvalue weighted by Crippen LogP contribution is 2.38. The van der Waals surface area contributed by atoms with Crippen LogP contribution in [0.3, 0.4) is 0 Å². The summed E-state index contributed by atoms with van der Waals surface area (Å²) in [5.41, 5.74) is 12.2. The van der Waals surface area contributed by atoms with E-state index in [1.807, 2.05) is 24.3 Å². The van der Waals surface area contributed by atoms with E-state index in [9.17, 15) is 4.39 Å². The predicted octanol–water partition coefficient (Wildman–Crippen LogP) is 3.79. The van der Waals surface area contributed by atoms with Crippen LogP contribution in [0.4, 0.5) is 15.8 Å². The lowest BCUT2D eigenvalue weighted by molar-refractivity contribution is 0.603. The summed E-state index contributed by atoms with van der Waals surface area (Å²) in [4.78, 5) is 1.60. The van der Waals surface area contributed by atoms with Crippen molar-refractivity contribution in [2.75, 3.05) is 11.5 Å². The molecule has 2 rings (SSSR count). The topological polar surface area (TPSA) is 52.0 Å². The summed E-state index contributed by atoms with van der Waals surface area (Å²) in [5.74, 6) is -0.294. The van der Waals surface area contributed by atoms with Gasteiger partial charge in [0.1, 0.15) is 5.82 Å². The van der Waals surface area contributed by atoms with Crippen molar-refractivity contribution in [3.63, 3.8) is 0 Å². The number of benzene rings is 2. The van der Waals surface area contributed by atoms with E-state index in [1.54, 1.807) is 12.1 Å². The third-order valence-corrected chi connectivity index (χ3v) is 4.49. The van der Waals surface area contributed by atoms with Crippen molar-refractivity contribution in [2.24, 2.45) is 0 Å². The Balaban J connectivity index is 2.04. The molecule has 2 nitrogen and oxygen atoms in total. The second-order valence-corrected chi connectivity index (χ2v) is 5.67. The maximum absolute atomic E-state index is 13.5. The Labute approximate surface area is 107 Å². The molecule has 0 aliphatic carbocycles. The Morgan fingerprint density at radius 3 is 2.12 bits per heavy atom. The molecule has 2 aromatic carbocycles. The van der Waals surface area contributed by atoms with Crippen LogP contribution in [-0.2, 0) is 0 Å². The van der Waals surface area contributed by atoms with Gasteiger partial charge < -0.3 is 11.5 Å². The second kappa shape index (κ2) is 5.33. The van der Waals surface area contributed by atoms with Crippen LogP contribution in [0.5, 0.6) is 0 Å². The number of anilines is 2. The van der Waals surface area contributed by atoms with E-state index in [1.165, 1.54) is 27.7 Å². The van der Waals surface area contributed by atoms with Gasteiger partial charge in [0.15, 0.2) is 0 Å². The first-order chi connectivity index (χ1) is 8.15. The molecule has 0 fully saturated rings. The summed E-state index contributed by atoms with van der Waals surface area (Å²) in [7, 11) is 2.84. The van der Waals surface area contributed by atoms with Gasteiger partial charge in [0, 0.05) is 16.3 Å². The van der Waals surface area contributed by atoms with E-state index in [4.69, 9.17) is 11.5 Å². The number of hydrogen-bond donors (Lipinski definition) is 2. The van der Waals surface area contributed by atoms with Crippen LogP contribution < -0.4 is 11.5 Å². The summed E-state index contributed by atoms with van der Waals surface area (Å²) in [6, 6.07) is 12.1. The summed E-state index contributed by atoms with van der Waals surface area (Å²) in [6.07, 6.45) is 0. The van der Waals surface area contributed by atoms with Crippen molar-refractivity contribution in [2.45, 2.75) is 9.79 Å². The van der Waals surface area contributed by atoms with Crippen molar-refractivity contribution in [3.8, 4) is 0 Å². The first-order valence-corrected chi connectivity index (χ1v) is 7.05. The molecule has 4 N–H and O–H groups in total. The Kier molecular flexibility index (Phi) is 3.81. The van der Waals surface area contributed by atoms with Gasteiger partial charge in [0.05, 0.1) is 4.90 Å². The lowest BCUT2D eigenvalue weighted by Gasteiger charge is -2.03. The molecule has 0 aromatic heterocycles. The smallest absolute Gasteiger partial charge is 0.139 e. The van der Waals surface area contributed by atoms with Gasteiger partial charge in [-0.05, 0) is 53.3 Å². The lowest BCUT2D eigenvalue weighted by Crippen LogP contribution is -1.87. The van der Waals surface area contributed by atoms with Crippen molar-refractivity contribution < 1.29 is 4.39 Å². The van der Waals surface area contributed by atoms with Gasteiger partial charge in [-0.25, -0.2) is 4.39 Å². The van der Waals surface area contributed by atoms with E-state index in [0.717, 1.165) is 10.6 Å². The highest BCUT2D eigenvalue weighted by molar-refractivity contribution is 8.76. The monoisotopic (exact) mass is 266 g/mol. The van der Waals surface area contributed by atoms with E-state index in [2.05, 4.69) is 0 Å². The molecule has 0 bridgehead atoms. The van der Waals surface area contributed by atoms with Crippen molar-refractivity contribution in [1.82, 2.24) is 0 Å². The van der Waals surface area contributed by atoms with Crippen LogP contribution in [0.2, 0.25) is 0 Å². The van der Waals surface area contributed by atoms with Crippen LogP contribution in [0, 0.1) is 5.82 Å². The average Bonchev–Trinajstić information content (AvgIpc) is 2.30. The molecule has 88 valence electrons. The van der Waals surface area contributed by atoms with Crippen LogP contribution in [-0.4, -0.2) is 0 Å². The zero-order valence-corrected chi connectivity index (χ0v) is 10.5. The van der Waals surface area contributed by atoms with Crippen LogP contribution in [0.25, 0.3) is 0 Å². The Morgan fingerprint density at radius 2 is 1.47 bits per heavy atom. The molecular weight excluding hydrogens is 255 g/mol. The molecule has 0 saturated carbocycles. The van der Waals surface area contributed by atoms with E-state index in [0.29, 0.717) is 10.6 Å². The molecule has 0 aliphatic heterocycles. The van der Waals surface area contributed by atoms with E-state index < -0.39 is 0 Å². The zero-order chi connectivity index (χ0) is 12.3. The second-order valence-electron chi connectivity index (χ2n) is 3.43. The Morgan fingerprint density at radius 1 is 0.824 bits per heavy atom. The first kappa shape index (κ1) is 12.1. The standard InChI is InChI=1S/C12H11FN2S2/c13-11-7-9(15)3-6-12(11)17-16-10-4-1-8(14)2-5-10/h1-7H,14-15H2. The minimum Gasteiger partial charge on any atom is -0.399 e. The summed E-state index contributed by atoms with van der Waals surface area (Å²) >= 11 is 0. The lowest BCUT2D eigenvalue weighted by atomic mass is 10.3. The van der Waals surface area contributed by atoms with Crippen LogP contribution in [0.1, 0.15) is 0 Å². The summed E-state index contributed by atoms with van der Waals surface area (Å²) in [5, 5.41) is 0. The normalized spacial score (nSPS) is 10.4. The molecule has 0 spiro atoms. The molecule has 0 unspecified atom stereocenters. The highest BCUT2D eigenvalue weighted by atomic mass is 33.1. The molecule has 17 heavy (non-hydrogen) atoms. The fourth-order valence-electron chi connectivity index (χ4n) is 1.20. The molecule has 0 amide bonds. The van der Waals surface area contributed by atoms with Gasteiger partial charge in [-0.15, -0.1) is 0 Å². The predicted molar refractivity (Wildman–Crippen MR) is 73.4 cm³/mol. The molecule has 0 heterocycles. The van der Waals surface area contributed by atoms with Crippen molar-refractivity contribution >= 4 is 33.0 Å². The van der Waals surface area contributed by atoms with E-state index >= 15 is 0 Å². The fourth-order valence-corrected chi connectivity index (χ4v) is 3.19. The van der Waals surface area contributed by atoms with Gasteiger partial charge in [0.2, 0.25) is 0 Å². The number of nitrogens with two attached hydrogens (primary N) is 2. The third-order valence-electron chi connectivity index (χ3n) is 2.06. The quantitative estimate of drug-likeness (QED) is 0.655. The Hall–Kier alpha value is -1.33. The van der Waals surface area contributed by atoms with Gasteiger partial charge >= 0.3 is 0 Å². The van der Waals surface area contributed by atoms with Gasteiger partial charge in [-0.2, -0.15) is 0 Å². The molecule has 0 atom stereocenters. The summed E-state index contributed by atoms with van der Waals surface area (Å²) < 4.78 is 13.5. The highest BCUT2D eigenvalue weighted by Gasteiger charge is 2.04. The molecule has 0 aliphatic rings. The fraction of sp³-hybridized carbons (Fsp3) is 0. The summed E-state index contributed by atoms with van der Waals surface area (Å²) in [6.45, 7) is 0. The molecule has 5 heteroatoms. The maximum atomic E-state index is 13.5. The van der Waals surface area contributed by atoms with Gasteiger partial charge in [0.25, 0.3) is 0 Å². The molecule has 0 radical (unpaired) electrons. The minimum atomic E-state index is -0.294. The molecular formula is C12H11FN2S2. The number of rotatable bonds is 3.